The highest BCUT2D eigenvalue weighted by Crippen LogP contribution is 2.45. The van der Waals surface area contributed by atoms with Gasteiger partial charge in [0.1, 0.15) is 0 Å². The van der Waals surface area contributed by atoms with E-state index in [0.717, 1.165) is 12.1 Å². The number of hydrogen-bond donors (Lipinski definition) is 0. The molecule has 0 bridgehead atoms. The minimum atomic E-state index is -6.00. The highest BCUT2D eigenvalue weighted by molar-refractivity contribution is 6.45. The van der Waals surface area contributed by atoms with Gasteiger partial charge in [0, 0.05) is 36.7 Å². The third-order valence-electron chi connectivity index (χ3n) is 6.31. The molecule has 0 radical (unpaired) electrons. The van der Waals surface area contributed by atoms with Crippen LogP contribution in [0.1, 0.15) is 54.3 Å². The number of alkyl halides is 10. The van der Waals surface area contributed by atoms with Crippen molar-refractivity contribution in [2.24, 2.45) is 0 Å². The lowest BCUT2D eigenvalue weighted by Crippen LogP contribution is -2.47. The number of rotatable bonds is 6. The predicted octanol–water partition coefficient (Wildman–Crippen LogP) is 6.51. The summed E-state index contributed by atoms with van der Waals surface area (Å²) in [6, 6.07) is 1.44. The Morgan fingerprint density at radius 3 is 1.20 bits per heavy atom. The lowest BCUT2D eigenvalue weighted by molar-refractivity contribution is -0.284. The van der Waals surface area contributed by atoms with Crippen molar-refractivity contribution in [3.63, 3.8) is 0 Å². The smallest absolute Gasteiger partial charge is 0.274 e. The van der Waals surface area contributed by atoms with E-state index in [1.165, 1.54) is 0 Å². The van der Waals surface area contributed by atoms with E-state index in [9.17, 15) is 63.1 Å². The second kappa shape index (κ2) is 9.19. The molecule has 0 saturated heterocycles. The predicted molar refractivity (Wildman–Crippen MR) is 116 cm³/mol. The molecule has 4 rings (SSSR count). The molecule has 0 fully saturated rings. The van der Waals surface area contributed by atoms with E-state index in [0.29, 0.717) is 0 Å². The van der Waals surface area contributed by atoms with Gasteiger partial charge in [-0.3, -0.25) is 29.0 Å². The van der Waals surface area contributed by atoms with Gasteiger partial charge in [-0.15, -0.1) is 0 Å². The van der Waals surface area contributed by atoms with Crippen molar-refractivity contribution in [2.75, 3.05) is 13.1 Å². The van der Waals surface area contributed by atoms with E-state index in [1.807, 2.05) is 0 Å². The molecular formula is C22H10Cl2F10N2O4. The zero-order valence-corrected chi connectivity index (χ0v) is 20.6. The van der Waals surface area contributed by atoms with Crippen molar-refractivity contribution < 1.29 is 63.1 Å². The van der Waals surface area contributed by atoms with Gasteiger partial charge in [0.15, 0.2) is 0 Å². The number of carbonyl (C=O) groups excluding carboxylic acids is 4. The molecule has 2 heterocycles. The lowest BCUT2D eigenvalue weighted by Gasteiger charge is -2.34. The fourth-order valence-electron chi connectivity index (χ4n) is 4.27. The van der Waals surface area contributed by atoms with Crippen LogP contribution in [0, 0.1) is 0 Å². The van der Waals surface area contributed by atoms with Crippen LogP contribution in [0.3, 0.4) is 0 Å². The first-order chi connectivity index (χ1) is 18.1. The first-order valence-electron chi connectivity index (χ1n) is 10.7. The Morgan fingerprint density at radius 1 is 0.550 bits per heavy atom. The number of benzene rings is 2. The number of halogens is 12. The quantitative estimate of drug-likeness (QED) is 0.271. The van der Waals surface area contributed by atoms with Crippen molar-refractivity contribution in [1.29, 1.82) is 0 Å². The van der Waals surface area contributed by atoms with E-state index in [2.05, 4.69) is 0 Å². The lowest BCUT2D eigenvalue weighted by atomic mass is 9.85. The zero-order valence-electron chi connectivity index (χ0n) is 19.0. The van der Waals surface area contributed by atoms with Gasteiger partial charge in [0.05, 0.1) is 32.3 Å². The summed E-state index contributed by atoms with van der Waals surface area (Å²) < 4.78 is 130. The molecule has 2 aromatic carbocycles. The van der Waals surface area contributed by atoms with Crippen LogP contribution in [0.25, 0.3) is 10.8 Å². The van der Waals surface area contributed by atoms with E-state index in [4.69, 9.17) is 23.2 Å². The van der Waals surface area contributed by atoms with Crippen molar-refractivity contribution in [2.45, 2.75) is 37.0 Å². The van der Waals surface area contributed by atoms with Gasteiger partial charge in [-0.1, -0.05) is 23.2 Å². The third-order valence-corrected chi connectivity index (χ3v) is 6.90. The average Bonchev–Trinajstić information content (AvgIpc) is 2.79. The largest absolute Gasteiger partial charge is 0.453 e. The summed E-state index contributed by atoms with van der Waals surface area (Å²) in [4.78, 5) is 52.2. The molecule has 216 valence electrons. The van der Waals surface area contributed by atoms with E-state index >= 15 is 0 Å². The van der Waals surface area contributed by atoms with E-state index < -0.39 is 117 Å². The van der Waals surface area contributed by atoms with Gasteiger partial charge < -0.3 is 0 Å². The minimum absolute atomic E-state index is 0.0226. The molecule has 2 aliphatic rings. The molecule has 0 aromatic heterocycles. The standard InChI is InChI=1S/C22H10Cl2F10N2O4/c23-9-5-7-11-8(16(38)35(15(7)37)3-1-19(25,26)21(29,30)31)6-10(24)13-14(11)12(9)17(39)36(18(13)40)4-2-20(27,28)22(32,33)34/h5-6H,1-4H2. The van der Waals surface area contributed by atoms with Gasteiger partial charge in [-0.2, -0.15) is 43.9 Å². The Balaban J connectivity index is 1.81. The summed E-state index contributed by atoms with van der Waals surface area (Å²) in [5.41, 5.74) is -2.56. The number of hydrogen-bond acceptors (Lipinski definition) is 4. The molecule has 18 heteroatoms. The summed E-state index contributed by atoms with van der Waals surface area (Å²) in [6.07, 6.45) is -16.0. The maximum absolute atomic E-state index is 13.5. The Bertz CT molecular complexity index is 1430. The fraction of sp³-hybridized carbons (Fsp3) is 0.364. The number of nitrogens with zero attached hydrogens (tertiary/aromatic N) is 2. The molecule has 0 atom stereocenters. The van der Waals surface area contributed by atoms with Gasteiger partial charge in [-0.25, -0.2) is 0 Å². The topological polar surface area (TPSA) is 74.8 Å². The Hall–Kier alpha value is -3.14. The van der Waals surface area contributed by atoms with Gasteiger partial charge in [0.2, 0.25) is 0 Å². The number of amides is 4. The monoisotopic (exact) mass is 626 g/mol. The van der Waals surface area contributed by atoms with Gasteiger partial charge >= 0.3 is 24.2 Å². The maximum atomic E-state index is 13.5. The molecule has 0 saturated carbocycles. The van der Waals surface area contributed by atoms with Crippen molar-refractivity contribution in [3.8, 4) is 0 Å². The normalized spacial score (nSPS) is 16.5. The molecule has 0 unspecified atom stereocenters. The van der Waals surface area contributed by atoms with E-state index in [1.54, 1.807) is 0 Å². The Labute approximate surface area is 225 Å². The van der Waals surface area contributed by atoms with E-state index in [-0.39, 0.29) is 9.80 Å². The van der Waals surface area contributed by atoms with Crippen molar-refractivity contribution in [3.05, 3.63) is 44.4 Å². The summed E-state index contributed by atoms with van der Waals surface area (Å²) >= 11 is 12.2. The molecule has 0 N–H and O–H groups in total. The molecule has 0 aliphatic carbocycles. The molecule has 2 aliphatic heterocycles. The highest BCUT2D eigenvalue weighted by Gasteiger charge is 2.58. The molecular weight excluding hydrogens is 617 g/mol. The van der Waals surface area contributed by atoms with Crippen LogP contribution in [-0.4, -0.2) is 70.7 Å². The average molecular weight is 627 g/mol. The van der Waals surface area contributed by atoms with Crippen LogP contribution in [-0.2, 0) is 0 Å². The third kappa shape index (κ3) is 4.44. The Kier molecular flexibility index (Phi) is 6.85. The summed E-state index contributed by atoms with van der Waals surface area (Å²) in [5, 5.41) is -2.36. The molecule has 0 spiro atoms. The fourth-order valence-corrected chi connectivity index (χ4v) is 4.83. The summed E-state index contributed by atoms with van der Waals surface area (Å²) in [6.45, 7) is -2.86. The maximum Gasteiger partial charge on any atom is 0.453 e. The SMILES string of the molecule is O=C1c2cc(Cl)c3c4c(c(Cl)cc(c24)C(=O)N1CCC(F)(F)C(F)(F)F)C(=O)N(CCC(F)(F)C(F)(F)F)C3=O. The molecule has 2 aromatic rings. The van der Waals surface area contributed by atoms with Crippen LogP contribution < -0.4 is 0 Å². The number of carbonyl (C=O) groups is 4. The van der Waals surface area contributed by atoms with Crippen LogP contribution in [0.2, 0.25) is 10.0 Å². The van der Waals surface area contributed by atoms with Crippen molar-refractivity contribution in [1.82, 2.24) is 9.80 Å². The van der Waals surface area contributed by atoms with Gasteiger partial charge in [0.25, 0.3) is 23.6 Å². The summed E-state index contributed by atoms with van der Waals surface area (Å²) in [5.74, 6) is -16.3. The first-order valence-corrected chi connectivity index (χ1v) is 11.5. The molecule has 6 nitrogen and oxygen atoms in total. The van der Waals surface area contributed by atoms with Crippen LogP contribution in [0.15, 0.2) is 12.1 Å². The molecule has 4 amide bonds. The van der Waals surface area contributed by atoms with Gasteiger partial charge in [-0.05, 0) is 12.1 Å². The Morgan fingerprint density at radius 2 is 0.875 bits per heavy atom. The summed E-state index contributed by atoms with van der Waals surface area (Å²) in [7, 11) is 0. The number of imide groups is 2. The second-order valence-electron chi connectivity index (χ2n) is 8.74. The van der Waals surface area contributed by atoms with Crippen LogP contribution in [0.5, 0.6) is 0 Å². The van der Waals surface area contributed by atoms with Crippen molar-refractivity contribution >= 4 is 57.6 Å². The zero-order chi connectivity index (χ0) is 30.3. The molecule has 40 heavy (non-hydrogen) atoms. The van der Waals surface area contributed by atoms with Crippen LogP contribution in [0.4, 0.5) is 43.9 Å². The second-order valence-corrected chi connectivity index (χ2v) is 9.55. The minimum Gasteiger partial charge on any atom is -0.274 e. The van der Waals surface area contributed by atoms with Crippen LogP contribution >= 0.6 is 23.2 Å². The first kappa shape index (κ1) is 29.8. The highest BCUT2D eigenvalue weighted by atomic mass is 35.5.